The molecule has 14 nitrogen and oxygen atoms in total. The molecule has 0 amide bonds. The summed E-state index contributed by atoms with van der Waals surface area (Å²) in [7, 11) is 1.27. The molecule has 0 spiro atoms. The molecule has 1 saturated heterocycles. The van der Waals surface area contributed by atoms with Crippen LogP contribution in [-0.4, -0.2) is 93.4 Å². The first kappa shape index (κ1) is 32.0. The second-order valence-corrected chi connectivity index (χ2v) is 9.87. The van der Waals surface area contributed by atoms with Crippen LogP contribution in [0.2, 0.25) is 5.28 Å². The van der Waals surface area contributed by atoms with Gasteiger partial charge in [0, 0.05) is 6.42 Å². The normalized spacial score (nSPS) is 20.2. The third-order valence-corrected chi connectivity index (χ3v) is 6.91. The van der Waals surface area contributed by atoms with Crippen molar-refractivity contribution in [2.75, 3.05) is 32.7 Å². The number of rotatable bonds is 12. The predicted molar refractivity (Wildman–Crippen MR) is 147 cm³/mol. The van der Waals surface area contributed by atoms with Crippen molar-refractivity contribution in [3.05, 3.63) is 47.0 Å². The SMILES string of the molecule is CCOC(=O)C(Cc1ccc(CC(=O)OC)cc1)(OC[C@H]1O[C@@H](n2cnc3c(N)nc(Cl)nc32)[C@@H](F)[C@@H]1O)C(=O)OCC. The van der Waals surface area contributed by atoms with Crippen molar-refractivity contribution in [1.82, 2.24) is 19.5 Å². The fourth-order valence-corrected chi connectivity index (χ4v) is 4.75. The number of aliphatic hydroxyl groups is 1. The number of esters is 3. The summed E-state index contributed by atoms with van der Waals surface area (Å²) in [4.78, 5) is 50.2. The number of hydrogen-bond donors (Lipinski definition) is 2. The van der Waals surface area contributed by atoms with Gasteiger partial charge in [0.25, 0.3) is 5.60 Å². The van der Waals surface area contributed by atoms with E-state index in [0.717, 1.165) is 0 Å². The third-order valence-electron chi connectivity index (χ3n) is 6.75. The van der Waals surface area contributed by atoms with Gasteiger partial charge in [0.15, 0.2) is 23.9 Å². The number of halogens is 2. The lowest BCUT2D eigenvalue weighted by molar-refractivity contribution is -0.197. The molecule has 0 saturated carbocycles. The maximum absolute atomic E-state index is 15.4. The fourth-order valence-electron chi connectivity index (χ4n) is 4.58. The van der Waals surface area contributed by atoms with Crippen LogP contribution in [0.15, 0.2) is 30.6 Å². The summed E-state index contributed by atoms with van der Waals surface area (Å²) < 4.78 is 43.4. The van der Waals surface area contributed by atoms with Gasteiger partial charge < -0.3 is 34.5 Å². The lowest BCUT2D eigenvalue weighted by Gasteiger charge is -2.30. The van der Waals surface area contributed by atoms with Crippen molar-refractivity contribution in [1.29, 1.82) is 0 Å². The summed E-state index contributed by atoms with van der Waals surface area (Å²) in [5.41, 5.74) is 4.82. The number of carbonyl (C=O) groups is 3. The quantitative estimate of drug-likeness (QED) is 0.128. The van der Waals surface area contributed by atoms with E-state index in [4.69, 9.17) is 36.3 Å². The Balaban J connectivity index is 1.61. The van der Waals surface area contributed by atoms with Crippen molar-refractivity contribution >= 4 is 46.5 Å². The minimum absolute atomic E-state index is 0.0215. The number of carbonyl (C=O) groups excluding carboxylic acids is 3. The molecule has 0 unspecified atom stereocenters. The molecule has 4 rings (SSSR count). The molecule has 2 aromatic heterocycles. The van der Waals surface area contributed by atoms with E-state index in [2.05, 4.69) is 19.7 Å². The van der Waals surface area contributed by atoms with Gasteiger partial charge in [-0.2, -0.15) is 9.97 Å². The molecule has 1 aliphatic rings. The fraction of sp³-hybridized carbons (Fsp3) is 0.481. The van der Waals surface area contributed by atoms with Crippen molar-refractivity contribution in [3.8, 4) is 0 Å². The number of alkyl halides is 1. The van der Waals surface area contributed by atoms with Gasteiger partial charge in [-0.05, 0) is 36.6 Å². The molecule has 3 N–H and O–H groups in total. The molecule has 232 valence electrons. The van der Waals surface area contributed by atoms with Gasteiger partial charge in [-0.1, -0.05) is 24.3 Å². The molecule has 1 aromatic carbocycles. The van der Waals surface area contributed by atoms with Gasteiger partial charge in [0.2, 0.25) is 5.28 Å². The number of methoxy groups -OCH3 is 1. The number of aromatic nitrogens is 4. The number of fused-ring (bicyclic) bond motifs is 1. The van der Waals surface area contributed by atoms with Crippen molar-refractivity contribution in [3.63, 3.8) is 0 Å². The Morgan fingerprint density at radius 1 is 1.12 bits per heavy atom. The second-order valence-electron chi connectivity index (χ2n) is 9.53. The molecule has 1 fully saturated rings. The maximum Gasteiger partial charge on any atom is 0.350 e. The summed E-state index contributed by atoms with van der Waals surface area (Å²) in [6, 6.07) is 6.47. The van der Waals surface area contributed by atoms with E-state index in [0.29, 0.717) is 11.1 Å². The standard InChI is InChI=1S/C27H31ClFN5O9/c1-4-40-24(37)27(25(38)41-5-2,11-15-8-6-14(7-9-15)10-17(35)39-3)42-12-16-20(36)18(29)23(43-16)34-13-31-19-21(30)32-26(28)33-22(19)34/h6-9,13,16,18,20,23,36H,4-5,10-12H2,1-3H3,(H2,30,32,33)/t16-,18+,20-,23-/m1/s1. The molecule has 1 aliphatic heterocycles. The predicted octanol–water partition coefficient (Wildman–Crippen LogP) is 1.50. The monoisotopic (exact) mass is 623 g/mol. The Hall–Kier alpha value is -3.92. The van der Waals surface area contributed by atoms with Crippen molar-refractivity contribution in [2.24, 2.45) is 0 Å². The maximum atomic E-state index is 15.4. The summed E-state index contributed by atoms with van der Waals surface area (Å²) in [5, 5.41) is 10.5. The number of nitrogens with two attached hydrogens (primary N) is 1. The number of ether oxygens (including phenoxy) is 5. The number of nitrogens with zero attached hydrogens (tertiary/aromatic N) is 4. The van der Waals surface area contributed by atoms with Gasteiger partial charge in [0.05, 0.1) is 39.7 Å². The van der Waals surface area contributed by atoms with E-state index in [1.807, 2.05) is 0 Å². The smallest absolute Gasteiger partial charge is 0.350 e. The highest BCUT2D eigenvalue weighted by atomic mass is 35.5. The number of aliphatic hydroxyl groups excluding tert-OH is 1. The van der Waals surface area contributed by atoms with E-state index in [-0.39, 0.29) is 48.3 Å². The topological polar surface area (TPSA) is 187 Å². The summed E-state index contributed by atoms with van der Waals surface area (Å²) in [5.74, 6) is -2.56. The number of hydrogen-bond acceptors (Lipinski definition) is 13. The van der Waals surface area contributed by atoms with E-state index in [1.54, 1.807) is 38.1 Å². The molecule has 4 atom stereocenters. The average molecular weight is 624 g/mol. The Kier molecular flexibility index (Phi) is 10.1. The second kappa shape index (κ2) is 13.6. The Labute approximate surface area is 250 Å². The van der Waals surface area contributed by atoms with Gasteiger partial charge in [0.1, 0.15) is 17.7 Å². The van der Waals surface area contributed by atoms with Crippen LogP contribution in [0.1, 0.15) is 31.2 Å². The molecule has 16 heteroatoms. The molecular weight excluding hydrogens is 593 g/mol. The van der Waals surface area contributed by atoms with Gasteiger partial charge >= 0.3 is 17.9 Å². The molecule has 0 radical (unpaired) electrons. The minimum atomic E-state index is -2.33. The number of nitrogen functional groups attached to an aromatic ring is 1. The van der Waals surface area contributed by atoms with E-state index in [1.165, 1.54) is 18.0 Å². The van der Waals surface area contributed by atoms with Gasteiger partial charge in [-0.25, -0.2) is 19.0 Å². The zero-order valence-corrected chi connectivity index (χ0v) is 24.3. The largest absolute Gasteiger partial charge is 0.469 e. The van der Waals surface area contributed by atoms with E-state index >= 15 is 4.39 Å². The van der Waals surface area contributed by atoms with Crippen LogP contribution in [0.3, 0.4) is 0 Å². The van der Waals surface area contributed by atoms with Crippen LogP contribution < -0.4 is 5.73 Å². The third kappa shape index (κ3) is 6.69. The Morgan fingerprint density at radius 3 is 2.35 bits per heavy atom. The highest BCUT2D eigenvalue weighted by molar-refractivity contribution is 6.28. The van der Waals surface area contributed by atoms with Crippen LogP contribution in [0.25, 0.3) is 11.2 Å². The summed E-state index contributed by atoms with van der Waals surface area (Å²) in [6.45, 7) is 2.32. The van der Waals surface area contributed by atoms with Crippen LogP contribution >= 0.6 is 11.6 Å². The molecule has 0 aliphatic carbocycles. The van der Waals surface area contributed by atoms with E-state index in [9.17, 15) is 19.5 Å². The first-order valence-corrected chi connectivity index (χ1v) is 13.7. The Morgan fingerprint density at radius 2 is 1.74 bits per heavy atom. The zero-order chi connectivity index (χ0) is 31.3. The molecular formula is C27H31ClFN5O9. The van der Waals surface area contributed by atoms with Crippen molar-refractivity contribution < 1.29 is 47.6 Å². The minimum Gasteiger partial charge on any atom is -0.469 e. The lowest BCUT2D eigenvalue weighted by atomic mass is 9.93. The average Bonchev–Trinajstić information content (AvgIpc) is 3.52. The first-order valence-electron chi connectivity index (χ1n) is 13.3. The van der Waals surface area contributed by atoms with E-state index < -0.39 is 54.7 Å². The van der Waals surface area contributed by atoms with Crippen LogP contribution in [-0.2, 0) is 50.9 Å². The number of anilines is 1. The highest BCUT2D eigenvalue weighted by Gasteiger charge is 2.53. The van der Waals surface area contributed by atoms with Crippen molar-refractivity contribution in [2.45, 2.75) is 56.9 Å². The Bertz CT molecular complexity index is 1450. The zero-order valence-electron chi connectivity index (χ0n) is 23.6. The summed E-state index contributed by atoms with van der Waals surface area (Å²) >= 11 is 5.91. The molecule has 3 aromatic rings. The lowest BCUT2D eigenvalue weighted by Crippen LogP contribution is -2.54. The van der Waals surface area contributed by atoms with Crippen LogP contribution in [0.4, 0.5) is 10.2 Å². The highest BCUT2D eigenvalue weighted by Crippen LogP contribution is 2.35. The first-order chi connectivity index (χ1) is 20.5. The number of imidazole rings is 1. The molecule has 3 heterocycles. The van der Waals surface area contributed by atoms with Crippen LogP contribution in [0, 0.1) is 0 Å². The molecule has 0 bridgehead atoms. The number of benzene rings is 1. The molecule has 43 heavy (non-hydrogen) atoms. The van der Waals surface area contributed by atoms with Gasteiger partial charge in [-0.3, -0.25) is 9.36 Å². The van der Waals surface area contributed by atoms with Crippen LogP contribution in [0.5, 0.6) is 0 Å². The summed E-state index contributed by atoms with van der Waals surface area (Å²) in [6.07, 6.45) is -5.62. The van der Waals surface area contributed by atoms with Gasteiger partial charge in [-0.15, -0.1) is 0 Å².